The van der Waals surface area contributed by atoms with Gasteiger partial charge in [-0.1, -0.05) is 11.6 Å². The number of hydrogen-bond donors (Lipinski definition) is 2. The van der Waals surface area contributed by atoms with Crippen LogP contribution >= 0.6 is 23.4 Å². The lowest BCUT2D eigenvalue weighted by Crippen LogP contribution is -2.43. The molecule has 1 aromatic carbocycles. The van der Waals surface area contributed by atoms with Crippen LogP contribution in [0, 0.1) is 0 Å². The maximum absolute atomic E-state index is 13.2. The molecule has 2 amide bonds. The number of carbonyl (C=O) groups excluding carboxylic acids is 2. The van der Waals surface area contributed by atoms with Gasteiger partial charge in [-0.05, 0) is 42.8 Å². The van der Waals surface area contributed by atoms with Crippen LogP contribution in [-0.4, -0.2) is 30.3 Å². The fourth-order valence-corrected chi connectivity index (χ4v) is 4.02. The number of carbonyl (C=O) groups is 2. The fourth-order valence-electron chi connectivity index (χ4n) is 3.00. The Kier molecular flexibility index (Phi) is 5.23. The van der Waals surface area contributed by atoms with Gasteiger partial charge >= 0.3 is 6.18 Å². The normalized spacial score (nSPS) is 22.9. The first-order chi connectivity index (χ1) is 12.1. The number of nitrogens with two attached hydrogens (primary N) is 1. The molecule has 1 aromatic rings. The van der Waals surface area contributed by atoms with Crippen molar-refractivity contribution in [2.24, 2.45) is 5.73 Å². The predicted molar refractivity (Wildman–Crippen MR) is 95.0 cm³/mol. The van der Waals surface area contributed by atoms with Crippen LogP contribution in [0.5, 0.6) is 0 Å². The van der Waals surface area contributed by atoms with E-state index in [1.807, 2.05) is 4.90 Å². The Labute approximate surface area is 156 Å². The molecule has 140 valence electrons. The van der Waals surface area contributed by atoms with Crippen molar-refractivity contribution in [1.82, 2.24) is 5.32 Å². The van der Waals surface area contributed by atoms with Crippen LogP contribution < -0.4 is 16.0 Å². The van der Waals surface area contributed by atoms with Crippen LogP contribution in [0.3, 0.4) is 0 Å². The van der Waals surface area contributed by atoms with Gasteiger partial charge in [0.2, 0.25) is 0 Å². The van der Waals surface area contributed by atoms with E-state index < -0.39 is 22.9 Å². The zero-order valence-corrected chi connectivity index (χ0v) is 15.0. The van der Waals surface area contributed by atoms with E-state index in [4.69, 9.17) is 17.3 Å². The molecule has 0 saturated carbocycles. The molecule has 26 heavy (non-hydrogen) atoms. The Morgan fingerprint density at radius 1 is 1.35 bits per heavy atom. The van der Waals surface area contributed by atoms with Crippen molar-refractivity contribution >= 4 is 46.3 Å². The van der Waals surface area contributed by atoms with Crippen LogP contribution in [0.4, 0.5) is 23.7 Å². The van der Waals surface area contributed by atoms with Crippen LogP contribution in [0.1, 0.15) is 24.0 Å². The quantitative estimate of drug-likeness (QED) is 0.735. The molecular formula is C16H15ClF3N3O2S. The summed E-state index contributed by atoms with van der Waals surface area (Å²) >= 11 is 6.82. The largest absolute Gasteiger partial charge is 0.416 e. The van der Waals surface area contributed by atoms with Crippen LogP contribution in [0.15, 0.2) is 17.0 Å². The lowest BCUT2D eigenvalue weighted by atomic mass is 10.0. The van der Waals surface area contributed by atoms with Gasteiger partial charge in [0.25, 0.3) is 11.1 Å². The number of imide groups is 1. The van der Waals surface area contributed by atoms with E-state index in [2.05, 4.69) is 5.32 Å². The number of piperidine rings is 1. The molecule has 0 aromatic heterocycles. The summed E-state index contributed by atoms with van der Waals surface area (Å²) in [6.07, 6.45) is -1.73. The van der Waals surface area contributed by atoms with E-state index in [9.17, 15) is 22.8 Å². The molecule has 2 fully saturated rings. The van der Waals surface area contributed by atoms with Gasteiger partial charge in [0, 0.05) is 24.7 Å². The molecule has 0 spiro atoms. The molecule has 2 aliphatic rings. The number of nitrogens with zero attached hydrogens (tertiary/aromatic N) is 1. The van der Waals surface area contributed by atoms with E-state index in [-0.39, 0.29) is 21.5 Å². The topological polar surface area (TPSA) is 75.4 Å². The minimum atomic E-state index is -4.59. The summed E-state index contributed by atoms with van der Waals surface area (Å²) in [4.78, 5) is 25.0. The third-order valence-electron chi connectivity index (χ3n) is 4.12. The Balaban J connectivity index is 2.12. The van der Waals surface area contributed by atoms with Crippen molar-refractivity contribution in [3.63, 3.8) is 0 Å². The number of hydrogen-bond acceptors (Lipinski definition) is 5. The number of nitrogens with one attached hydrogen (secondary N) is 1. The first kappa shape index (κ1) is 19.1. The molecule has 0 aliphatic carbocycles. The molecule has 2 aliphatic heterocycles. The zero-order valence-electron chi connectivity index (χ0n) is 13.4. The van der Waals surface area contributed by atoms with E-state index in [1.165, 1.54) is 6.08 Å². The highest BCUT2D eigenvalue weighted by molar-refractivity contribution is 8.18. The maximum Gasteiger partial charge on any atom is 0.416 e. The number of amides is 2. The van der Waals surface area contributed by atoms with Gasteiger partial charge < -0.3 is 10.6 Å². The second kappa shape index (κ2) is 7.13. The standard InChI is InChI=1S/C16H15ClF3N3O2S/c17-11-6-9(16(18,19)20)4-8(5-12-14(24)22-15(25)26-12)13(11)23-3-1-2-10(21)7-23/h4-6,10H,1-3,7,21H2,(H,22,24,25)/b12-5-/t10-/m1/s1. The molecule has 0 bridgehead atoms. The summed E-state index contributed by atoms with van der Waals surface area (Å²) in [6, 6.07) is 1.69. The smallest absolute Gasteiger partial charge is 0.368 e. The lowest BCUT2D eigenvalue weighted by molar-refractivity contribution is -0.137. The average Bonchev–Trinajstić information content (AvgIpc) is 2.83. The van der Waals surface area contributed by atoms with Gasteiger partial charge in [-0.25, -0.2) is 0 Å². The fraction of sp³-hybridized carbons (Fsp3) is 0.375. The summed E-state index contributed by atoms with van der Waals surface area (Å²) in [5, 5.41) is 1.44. The molecule has 0 unspecified atom stereocenters. The number of thioether (sulfide) groups is 1. The third kappa shape index (κ3) is 3.99. The van der Waals surface area contributed by atoms with Gasteiger partial charge in [0.05, 0.1) is 21.2 Å². The molecule has 2 saturated heterocycles. The first-order valence-electron chi connectivity index (χ1n) is 7.81. The molecule has 1 atom stereocenters. The minimum absolute atomic E-state index is 0.0212. The summed E-state index contributed by atoms with van der Waals surface area (Å²) in [7, 11) is 0. The van der Waals surface area contributed by atoms with Gasteiger partial charge in [0.15, 0.2) is 0 Å². The molecular weight excluding hydrogens is 391 g/mol. The second-order valence-electron chi connectivity index (χ2n) is 6.09. The van der Waals surface area contributed by atoms with E-state index in [1.54, 1.807) is 0 Å². The zero-order chi connectivity index (χ0) is 19.1. The van der Waals surface area contributed by atoms with Crippen LogP contribution in [0.2, 0.25) is 5.02 Å². The minimum Gasteiger partial charge on any atom is -0.368 e. The van der Waals surface area contributed by atoms with Crippen LogP contribution in [0.25, 0.3) is 6.08 Å². The summed E-state index contributed by atoms with van der Waals surface area (Å²) in [5.41, 5.74) is 5.57. The lowest BCUT2D eigenvalue weighted by Gasteiger charge is -2.34. The van der Waals surface area contributed by atoms with Crippen molar-refractivity contribution in [3.8, 4) is 0 Å². The molecule has 3 N–H and O–H groups in total. The highest BCUT2D eigenvalue weighted by atomic mass is 35.5. The van der Waals surface area contributed by atoms with Crippen molar-refractivity contribution in [1.29, 1.82) is 0 Å². The van der Waals surface area contributed by atoms with Crippen molar-refractivity contribution < 1.29 is 22.8 Å². The number of benzene rings is 1. The summed E-state index contributed by atoms with van der Waals surface area (Å²) in [6.45, 7) is 1.03. The predicted octanol–water partition coefficient (Wildman–Crippen LogP) is 3.61. The van der Waals surface area contributed by atoms with Gasteiger partial charge in [-0.2, -0.15) is 13.2 Å². The van der Waals surface area contributed by atoms with E-state index in [0.29, 0.717) is 30.5 Å². The molecule has 5 nitrogen and oxygen atoms in total. The average molecular weight is 406 g/mol. The molecule has 0 radical (unpaired) electrons. The first-order valence-corrected chi connectivity index (χ1v) is 9.00. The number of anilines is 1. The van der Waals surface area contributed by atoms with E-state index in [0.717, 1.165) is 25.0 Å². The summed E-state index contributed by atoms with van der Waals surface area (Å²) in [5.74, 6) is -0.644. The van der Waals surface area contributed by atoms with Gasteiger partial charge in [-0.3, -0.25) is 14.9 Å². The van der Waals surface area contributed by atoms with E-state index >= 15 is 0 Å². The molecule has 10 heteroatoms. The number of rotatable bonds is 2. The SMILES string of the molecule is N[C@@H]1CCCN(c2c(Cl)cc(C(F)(F)F)cc2/C=C2\SC(=O)NC2=O)C1. The highest BCUT2D eigenvalue weighted by Crippen LogP contribution is 2.40. The van der Waals surface area contributed by atoms with Crippen molar-refractivity contribution in [3.05, 3.63) is 33.2 Å². The monoisotopic (exact) mass is 405 g/mol. The Bertz CT molecular complexity index is 798. The number of halogens is 4. The van der Waals surface area contributed by atoms with Gasteiger partial charge in [-0.15, -0.1) is 0 Å². The Hall–Kier alpha value is -1.71. The second-order valence-corrected chi connectivity index (χ2v) is 7.52. The van der Waals surface area contributed by atoms with Gasteiger partial charge in [0.1, 0.15) is 0 Å². The highest BCUT2D eigenvalue weighted by Gasteiger charge is 2.34. The maximum atomic E-state index is 13.2. The molecule has 3 rings (SSSR count). The van der Waals surface area contributed by atoms with Crippen molar-refractivity contribution in [2.45, 2.75) is 25.1 Å². The molecule has 2 heterocycles. The Morgan fingerprint density at radius 3 is 2.65 bits per heavy atom. The van der Waals surface area contributed by atoms with Crippen LogP contribution in [-0.2, 0) is 11.0 Å². The third-order valence-corrected chi connectivity index (χ3v) is 5.22. The summed E-state index contributed by atoms with van der Waals surface area (Å²) < 4.78 is 39.6. The van der Waals surface area contributed by atoms with Crippen molar-refractivity contribution in [2.75, 3.05) is 18.0 Å². The number of alkyl halides is 3. The Morgan fingerprint density at radius 2 is 2.08 bits per heavy atom.